The molecular formula is C26H30N2O6. The Balaban J connectivity index is 1.42. The molecule has 8 heteroatoms. The van der Waals surface area contributed by atoms with Gasteiger partial charge in [-0.25, -0.2) is 4.79 Å². The molecule has 2 aromatic carbocycles. The van der Waals surface area contributed by atoms with Crippen molar-refractivity contribution in [2.24, 2.45) is 0 Å². The zero-order valence-electron chi connectivity index (χ0n) is 19.2. The summed E-state index contributed by atoms with van der Waals surface area (Å²) in [7, 11) is 0. The number of carboxylic acids is 1. The minimum Gasteiger partial charge on any atom is -0.481 e. The molecule has 0 spiro atoms. The first-order valence-electron chi connectivity index (χ1n) is 11.7. The van der Waals surface area contributed by atoms with Gasteiger partial charge in [-0.2, -0.15) is 0 Å². The summed E-state index contributed by atoms with van der Waals surface area (Å²) in [5.74, 6) is -1.44. The summed E-state index contributed by atoms with van der Waals surface area (Å²) in [6.07, 6.45) is -0.268. The van der Waals surface area contributed by atoms with E-state index in [0.717, 1.165) is 28.7 Å². The van der Waals surface area contributed by atoms with Crippen LogP contribution in [0, 0.1) is 0 Å². The number of nitrogens with zero attached hydrogens (tertiary/aromatic N) is 1. The Kier molecular flexibility index (Phi) is 7.47. The number of rotatable bonds is 8. The van der Waals surface area contributed by atoms with Gasteiger partial charge in [0.1, 0.15) is 12.6 Å². The van der Waals surface area contributed by atoms with Gasteiger partial charge >= 0.3 is 12.1 Å². The van der Waals surface area contributed by atoms with Crippen molar-refractivity contribution in [3.8, 4) is 11.1 Å². The highest BCUT2D eigenvalue weighted by Gasteiger charge is 2.32. The first-order chi connectivity index (χ1) is 16.5. The van der Waals surface area contributed by atoms with Crippen LogP contribution >= 0.6 is 0 Å². The fraction of sp³-hybridized carbons (Fsp3) is 0.423. The van der Waals surface area contributed by atoms with Gasteiger partial charge in [-0.1, -0.05) is 55.5 Å². The van der Waals surface area contributed by atoms with Gasteiger partial charge in [0.2, 0.25) is 5.91 Å². The van der Waals surface area contributed by atoms with Crippen molar-refractivity contribution in [1.82, 2.24) is 10.2 Å². The maximum atomic E-state index is 13.1. The van der Waals surface area contributed by atoms with Crippen molar-refractivity contribution >= 4 is 18.0 Å². The molecule has 2 amide bonds. The van der Waals surface area contributed by atoms with E-state index in [-0.39, 0.29) is 37.4 Å². The number of hydrogen-bond donors (Lipinski definition) is 2. The normalized spacial score (nSPS) is 18.0. The minimum atomic E-state index is -1.03. The molecular weight excluding hydrogens is 436 g/mol. The summed E-state index contributed by atoms with van der Waals surface area (Å²) in [6.45, 7) is 3.35. The van der Waals surface area contributed by atoms with Gasteiger partial charge in [0.25, 0.3) is 0 Å². The predicted molar refractivity (Wildman–Crippen MR) is 125 cm³/mol. The summed E-state index contributed by atoms with van der Waals surface area (Å²) < 4.78 is 11.2. The van der Waals surface area contributed by atoms with Crippen LogP contribution < -0.4 is 5.32 Å². The van der Waals surface area contributed by atoms with Gasteiger partial charge in [0.15, 0.2) is 0 Å². The summed E-state index contributed by atoms with van der Waals surface area (Å²) in [5.41, 5.74) is 4.43. The van der Waals surface area contributed by atoms with Crippen LogP contribution in [0.4, 0.5) is 4.79 Å². The second-order valence-corrected chi connectivity index (χ2v) is 8.64. The van der Waals surface area contributed by atoms with Gasteiger partial charge in [-0.15, -0.1) is 0 Å². The van der Waals surface area contributed by atoms with Crippen LogP contribution in [0.5, 0.6) is 0 Å². The molecule has 1 saturated heterocycles. The predicted octanol–water partition coefficient (Wildman–Crippen LogP) is 3.40. The molecule has 1 aliphatic carbocycles. The van der Waals surface area contributed by atoms with Crippen molar-refractivity contribution in [3.05, 3.63) is 59.7 Å². The third-order valence-corrected chi connectivity index (χ3v) is 6.49. The minimum absolute atomic E-state index is 0.00743. The molecule has 0 aromatic heterocycles. The highest BCUT2D eigenvalue weighted by molar-refractivity contribution is 5.86. The van der Waals surface area contributed by atoms with Crippen LogP contribution in [0.25, 0.3) is 11.1 Å². The molecule has 180 valence electrons. The lowest BCUT2D eigenvalue weighted by molar-refractivity contribution is -0.142. The quantitative estimate of drug-likeness (QED) is 0.618. The number of ether oxygens (including phenoxy) is 2. The monoisotopic (exact) mass is 466 g/mol. The highest BCUT2D eigenvalue weighted by atomic mass is 16.5. The van der Waals surface area contributed by atoms with E-state index in [1.807, 2.05) is 43.3 Å². The Morgan fingerprint density at radius 1 is 1.12 bits per heavy atom. The number of aliphatic carboxylic acids is 1. The Hall–Kier alpha value is -3.39. The standard InChI is InChI=1S/C26H30N2O6/c1-2-17-15-28(13-14-33-17)25(31)23(11-12-24(29)30)27-26(32)34-16-22-20-9-5-3-7-18(20)19-8-4-6-10-21(19)22/h3-10,17,22-23H,2,11-16H2,1H3,(H,27,32)(H,29,30). The summed E-state index contributed by atoms with van der Waals surface area (Å²) in [5, 5.41) is 11.7. The second-order valence-electron chi connectivity index (χ2n) is 8.64. The highest BCUT2D eigenvalue weighted by Crippen LogP contribution is 2.44. The zero-order valence-corrected chi connectivity index (χ0v) is 19.2. The molecule has 2 N–H and O–H groups in total. The fourth-order valence-electron chi connectivity index (χ4n) is 4.69. The SMILES string of the molecule is CCC1CN(C(=O)C(CCC(=O)O)NC(=O)OCC2c3ccccc3-c3ccccc32)CCO1. The average Bonchev–Trinajstić information content (AvgIpc) is 3.18. The number of nitrogens with one attached hydrogen (secondary N) is 1. The number of carboxylic acid groups (broad SMARTS) is 1. The van der Waals surface area contributed by atoms with Gasteiger partial charge in [-0.3, -0.25) is 9.59 Å². The second kappa shape index (κ2) is 10.7. The topological polar surface area (TPSA) is 105 Å². The molecule has 2 unspecified atom stereocenters. The lowest BCUT2D eigenvalue weighted by Gasteiger charge is -2.34. The van der Waals surface area contributed by atoms with Crippen LogP contribution in [0.2, 0.25) is 0 Å². The third kappa shape index (κ3) is 5.22. The Morgan fingerprint density at radius 2 is 1.76 bits per heavy atom. The molecule has 34 heavy (non-hydrogen) atoms. The Labute approximate surface area is 198 Å². The summed E-state index contributed by atoms with van der Waals surface area (Å²) in [4.78, 5) is 38.6. The van der Waals surface area contributed by atoms with Gasteiger partial charge < -0.3 is 24.8 Å². The van der Waals surface area contributed by atoms with Crippen molar-refractivity contribution in [3.63, 3.8) is 0 Å². The van der Waals surface area contributed by atoms with E-state index in [2.05, 4.69) is 17.4 Å². The number of fused-ring (bicyclic) bond motifs is 3. The Bertz CT molecular complexity index is 1010. The molecule has 8 nitrogen and oxygen atoms in total. The summed E-state index contributed by atoms with van der Waals surface area (Å²) >= 11 is 0. The van der Waals surface area contributed by atoms with Gasteiger partial charge in [0, 0.05) is 25.4 Å². The number of carbonyl (C=O) groups is 3. The van der Waals surface area contributed by atoms with Crippen LogP contribution in [0.1, 0.15) is 43.2 Å². The molecule has 2 aliphatic rings. The number of hydrogen-bond acceptors (Lipinski definition) is 5. The van der Waals surface area contributed by atoms with Crippen molar-refractivity contribution in [2.45, 2.75) is 44.2 Å². The van der Waals surface area contributed by atoms with E-state index >= 15 is 0 Å². The Morgan fingerprint density at radius 3 is 2.38 bits per heavy atom. The summed E-state index contributed by atoms with van der Waals surface area (Å²) in [6, 6.07) is 15.1. The maximum absolute atomic E-state index is 13.1. The lowest BCUT2D eigenvalue weighted by Crippen LogP contribution is -2.53. The molecule has 0 saturated carbocycles. The number of amides is 2. The van der Waals surface area contributed by atoms with E-state index < -0.39 is 18.1 Å². The molecule has 0 bridgehead atoms. The molecule has 2 aromatic rings. The van der Waals surface area contributed by atoms with Crippen molar-refractivity contribution < 1.29 is 29.0 Å². The third-order valence-electron chi connectivity index (χ3n) is 6.49. The van der Waals surface area contributed by atoms with Crippen molar-refractivity contribution in [1.29, 1.82) is 0 Å². The molecule has 2 atom stereocenters. The zero-order chi connectivity index (χ0) is 24.1. The fourth-order valence-corrected chi connectivity index (χ4v) is 4.69. The first-order valence-corrected chi connectivity index (χ1v) is 11.7. The lowest BCUT2D eigenvalue weighted by atomic mass is 9.98. The first kappa shape index (κ1) is 23.8. The maximum Gasteiger partial charge on any atom is 0.407 e. The number of morpholine rings is 1. The molecule has 4 rings (SSSR count). The number of carbonyl (C=O) groups excluding carboxylic acids is 2. The van der Waals surface area contributed by atoms with E-state index in [1.165, 1.54) is 0 Å². The number of benzene rings is 2. The van der Waals surface area contributed by atoms with Gasteiger partial charge in [-0.05, 0) is 35.1 Å². The van der Waals surface area contributed by atoms with E-state index in [0.29, 0.717) is 19.7 Å². The smallest absolute Gasteiger partial charge is 0.407 e. The van der Waals surface area contributed by atoms with Crippen molar-refractivity contribution in [2.75, 3.05) is 26.3 Å². The molecule has 0 radical (unpaired) electrons. The molecule has 1 fully saturated rings. The van der Waals surface area contributed by atoms with Crippen LogP contribution in [0.15, 0.2) is 48.5 Å². The largest absolute Gasteiger partial charge is 0.481 e. The van der Waals surface area contributed by atoms with E-state index in [4.69, 9.17) is 14.6 Å². The average molecular weight is 467 g/mol. The van der Waals surface area contributed by atoms with Crippen LogP contribution in [-0.4, -0.2) is 66.4 Å². The van der Waals surface area contributed by atoms with E-state index in [1.54, 1.807) is 4.90 Å². The van der Waals surface area contributed by atoms with Gasteiger partial charge in [0.05, 0.1) is 12.7 Å². The number of alkyl carbamates (subject to hydrolysis) is 1. The molecule has 1 heterocycles. The molecule has 1 aliphatic heterocycles. The van der Waals surface area contributed by atoms with E-state index in [9.17, 15) is 14.4 Å². The van der Waals surface area contributed by atoms with Crippen LogP contribution in [0.3, 0.4) is 0 Å². The van der Waals surface area contributed by atoms with Crippen LogP contribution in [-0.2, 0) is 19.1 Å².